The van der Waals surface area contributed by atoms with E-state index in [0.29, 0.717) is 19.3 Å². The highest BCUT2D eigenvalue weighted by molar-refractivity contribution is 5.71. The second-order valence-electron chi connectivity index (χ2n) is 20.2. The zero-order chi connectivity index (χ0) is 52.9. The third-order valence-corrected chi connectivity index (χ3v) is 13.1. The van der Waals surface area contributed by atoms with Crippen molar-refractivity contribution in [2.45, 2.75) is 297 Å². The highest BCUT2D eigenvalue weighted by Crippen LogP contribution is 2.16. The van der Waals surface area contributed by atoms with Crippen molar-refractivity contribution < 1.29 is 28.6 Å². The summed E-state index contributed by atoms with van der Waals surface area (Å²) in [6, 6.07) is 0. The van der Waals surface area contributed by atoms with Crippen molar-refractivity contribution in [3.63, 3.8) is 0 Å². The van der Waals surface area contributed by atoms with Crippen molar-refractivity contribution in [2.75, 3.05) is 13.2 Å². The highest BCUT2D eigenvalue weighted by Gasteiger charge is 2.19. The SMILES string of the molecule is CC/C=C\C/C=C\C/C=C\C/C=C\C/C=C\C/C=C\C/C=C\CCCCCC(=O)OCC(COC(=O)CCCCCCC/C=C\CCCC)OC(=O)CCCCCCCCCCCCCCCCCCCCC. The van der Waals surface area contributed by atoms with Gasteiger partial charge in [-0.15, -0.1) is 0 Å². The van der Waals surface area contributed by atoms with E-state index in [1.807, 2.05) is 0 Å². The molecule has 0 aromatic carbocycles. The van der Waals surface area contributed by atoms with Crippen LogP contribution < -0.4 is 0 Å². The number of unbranched alkanes of at least 4 members (excludes halogenated alkanes) is 28. The minimum atomic E-state index is -0.794. The zero-order valence-corrected chi connectivity index (χ0v) is 47.9. The third-order valence-electron chi connectivity index (χ3n) is 13.1. The molecule has 1 unspecified atom stereocenters. The van der Waals surface area contributed by atoms with Crippen molar-refractivity contribution in [3.05, 3.63) is 97.2 Å². The van der Waals surface area contributed by atoms with Gasteiger partial charge in [-0.3, -0.25) is 14.4 Å². The maximum Gasteiger partial charge on any atom is 0.306 e. The average Bonchev–Trinajstić information content (AvgIpc) is 3.39. The van der Waals surface area contributed by atoms with Crippen molar-refractivity contribution in [2.24, 2.45) is 0 Å². The summed E-state index contributed by atoms with van der Waals surface area (Å²) in [5, 5.41) is 0. The largest absolute Gasteiger partial charge is 0.462 e. The van der Waals surface area contributed by atoms with E-state index in [9.17, 15) is 14.4 Å². The van der Waals surface area contributed by atoms with Gasteiger partial charge < -0.3 is 14.2 Å². The molecule has 0 bridgehead atoms. The quantitative estimate of drug-likeness (QED) is 0.0261. The molecule has 73 heavy (non-hydrogen) atoms. The fraction of sp³-hybridized carbons (Fsp3) is 0.716. The molecule has 0 amide bonds. The Morgan fingerprint density at radius 2 is 0.548 bits per heavy atom. The van der Waals surface area contributed by atoms with Crippen LogP contribution in [-0.4, -0.2) is 37.2 Å². The number of ether oxygens (including phenoxy) is 3. The van der Waals surface area contributed by atoms with Crippen LogP contribution in [0, 0.1) is 0 Å². The molecule has 6 heteroatoms. The van der Waals surface area contributed by atoms with Crippen molar-refractivity contribution >= 4 is 17.9 Å². The number of carbonyl (C=O) groups is 3. The van der Waals surface area contributed by atoms with Gasteiger partial charge in [0.15, 0.2) is 6.10 Å². The minimum absolute atomic E-state index is 0.0910. The summed E-state index contributed by atoms with van der Waals surface area (Å²) in [6.45, 7) is 6.48. The molecule has 0 heterocycles. The summed E-state index contributed by atoms with van der Waals surface area (Å²) in [6.07, 6.45) is 81.2. The molecule has 0 N–H and O–H groups in total. The first kappa shape index (κ1) is 69.3. The lowest BCUT2D eigenvalue weighted by Crippen LogP contribution is -2.30. The molecule has 0 saturated carbocycles. The van der Waals surface area contributed by atoms with E-state index in [-0.39, 0.29) is 31.1 Å². The molecule has 0 aromatic rings. The third kappa shape index (κ3) is 59.1. The van der Waals surface area contributed by atoms with Crippen LogP contribution in [0.2, 0.25) is 0 Å². The summed E-state index contributed by atoms with van der Waals surface area (Å²) in [5.41, 5.74) is 0. The van der Waals surface area contributed by atoms with Crippen molar-refractivity contribution in [1.82, 2.24) is 0 Å². The van der Waals surface area contributed by atoms with E-state index in [1.54, 1.807) is 0 Å². The van der Waals surface area contributed by atoms with Crippen molar-refractivity contribution in [1.29, 1.82) is 0 Å². The van der Waals surface area contributed by atoms with Gasteiger partial charge in [0.05, 0.1) is 0 Å². The number of rotatable bonds is 55. The van der Waals surface area contributed by atoms with Crippen molar-refractivity contribution in [3.8, 4) is 0 Å². The molecule has 1 atom stereocenters. The molecule has 418 valence electrons. The number of hydrogen-bond donors (Lipinski definition) is 0. The van der Waals surface area contributed by atoms with Crippen LogP contribution in [0.5, 0.6) is 0 Å². The Labute approximate surface area is 451 Å². The van der Waals surface area contributed by atoms with E-state index < -0.39 is 6.10 Å². The van der Waals surface area contributed by atoms with Gasteiger partial charge in [0, 0.05) is 19.3 Å². The smallest absolute Gasteiger partial charge is 0.306 e. The lowest BCUT2D eigenvalue weighted by Gasteiger charge is -2.18. The summed E-state index contributed by atoms with van der Waals surface area (Å²) < 4.78 is 16.9. The summed E-state index contributed by atoms with van der Waals surface area (Å²) in [7, 11) is 0. The topological polar surface area (TPSA) is 78.9 Å². The Morgan fingerprint density at radius 1 is 0.288 bits per heavy atom. The molecule has 0 aliphatic rings. The summed E-state index contributed by atoms with van der Waals surface area (Å²) in [4.78, 5) is 38.2. The number of esters is 3. The van der Waals surface area contributed by atoms with Crippen LogP contribution in [0.25, 0.3) is 0 Å². The summed E-state index contributed by atoms with van der Waals surface area (Å²) >= 11 is 0. The Hall–Kier alpha value is -3.67. The van der Waals surface area contributed by atoms with E-state index in [1.165, 1.54) is 135 Å². The molecule has 0 aliphatic heterocycles. The molecule has 0 fully saturated rings. The van der Waals surface area contributed by atoms with E-state index in [0.717, 1.165) is 116 Å². The van der Waals surface area contributed by atoms with Crippen LogP contribution >= 0.6 is 0 Å². The minimum Gasteiger partial charge on any atom is -0.462 e. The van der Waals surface area contributed by atoms with E-state index >= 15 is 0 Å². The monoisotopic (exact) mass is 1010 g/mol. The first-order valence-corrected chi connectivity index (χ1v) is 30.7. The fourth-order valence-electron chi connectivity index (χ4n) is 8.46. The molecule has 0 rings (SSSR count). The highest BCUT2D eigenvalue weighted by atomic mass is 16.6. The standard InChI is InChI=1S/C67H114O6/c1-4-7-10-13-16-19-22-24-26-28-30-31-32-33-34-35-37-38-40-42-45-48-51-54-57-60-66(69)72-63-64(62-71-65(68)59-56-53-50-47-44-21-18-15-12-9-6-3)73-67(70)61-58-55-52-49-46-43-41-39-36-29-27-25-23-20-17-14-11-8-5-2/h7,10,15-16,18-19,24,26,30-31,33-34,37-38,42,45,64H,4-6,8-9,11-14,17,20-23,25,27-29,32,35-36,39-41,43-44,46-63H2,1-3H3/b10-7-,18-15-,19-16-,26-24-,31-30-,34-33-,38-37-,45-42-. The predicted molar refractivity (Wildman–Crippen MR) is 316 cm³/mol. The number of carbonyl (C=O) groups excluding carboxylic acids is 3. The Bertz CT molecular complexity index is 1440. The van der Waals surface area contributed by atoms with Crippen LogP contribution in [0.4, 0.5) is 0 Å². The molecule has 0 saturated heterocycles. The number of allylic oxidation sites excluding steroid dienone is 16. The Kier molecular flexibility index (Phi) is 57.8. The Balaban J connectivity index is 4.37. The first-order valence-electron chi connectivity index (χ1n) is 30.7. The molecule has 0 spiro atoms. The van der Waals surface area contributed by atoms with Gasteiger partial charge in [0.1, 0.15) is 13.2 Å². The van der Waals surface area contributed by atoms with Crippen LogP contribution in [0.3, 0.4) is 0 Å². The normalized spacial score (nSPS) is 12.8. The van der Waals surface area contributed by atoms with Gasteiger partial charge >= 0.3 is 17.9 Å². The molecule has 0 aliphatic carbocycles. The molecular weight excluding hydrogens is 901 g/mol. The average molecular weight is 1020 g/mol. The second-order valence-corrected chi connectivity index (χ2v) is 20.2. The maximum absolute atomic E-state index is 12.9. The van der Waals surface area contributed by atoms with Gasteiger partial charge in [-0.1, -0.05) is 272 Å². The van der Waals surface area contributed by atoms with Crippen LogP contribution in [0.15, 0.2) is 97.2 Å². The lowest BCUT2D eigenvalue weighted by atomic mass is 10.0. The molecule has 0 aromatic heterocycles. The first-order chi connectivity index (χ1) is 36.0. The molecule has 6 nitrogen and oxygen atoms in total. The maximum atomic E-state index is 12.9. The fourth-order valence-corrected chi connectivity index (χ4v) is 8.46. The van der Waals surface area contributed by atoms with E-state index in [2.05, 4.69) is 118 Å². The zero-order valence-electron chi connectivity index (χ0n) is 47.9. The van der Waals surface area contributed by atoms with Gasteiger partial charge in [0.2, 0.25) is 0 Å². The van der Waals surface area contributed by atoms with Gasteiger partial charge in [-0.2, -0.15) is 0 Å². The van der Waals surface area contributed by atoms with Crippen LogP contribution in [0.1, 0.15) is 290 Å². The predicted octanol–water partition coefficient (Wildman–Crippen LogP) is 20.9. The van der Waals surface area contributed by atoms with Gasteiger partial charge in [-0.05, 0) is 96.3 Å². The lowest BCUT2D eigenvalue weighted by molar-refractivity contribution is -0.167. The molecule has 0 radical (unpaired) electrons. The number of hydrogen-bond acceptors (Lipinski definition) is 6. The van der Waals surface area contributed by atoms with Gasteiger partial charge in [-0.25, -0.2) is 0 Å². The van der Waals surface area contributed by atoms with E-state index in [4.69, 9.17) is 14.2 Å². The van der Waals surface area contributed by atoms with Crippen LogP contribution in [-0.2, 0) is 28.6 Å². The second kappa shape index (κ2) is 60.9. The Morgan fingerprint density at radius 3 is 0.904 bits per heavy atom. The van der Waals surface area contributed by atoms with Gasteiger partial charge in [0.25, 0.3) is 0 Å². The molecular formula is C67H114O6. The summed E-state index contributed by atoms with van der Waals surface area (Å²) in [5.74, 6) is -0.926.